The van der Waals surface area contributed by atoms with Crippen LogP contribution in [0.3, 0.4) is 0 Å². The van der Waals surface area contributed by atoms with Crippen LogP contribution in [0.25, 0.3) is 10.9 Å². The first-order valence-corrected chi connectivity index (χ1v) is 8.63. The van der Waals surface area contributed by atoms with E-state index in [-0.39, 0.29) is 11.9 Å². The summed E-state index contributed by atoms with van der Waals surface area (Å²) in [5.41, 5.74) is 2.41. The zero-order valence-electron chi connectivity index (χ0n) is 14.6. The van der Waals surface area contributed by atoms with Gasteiger partial charge in [0.25, 0.3) is 5.91 Å². The Hall–Kier alpha value is -2.82. The Balaban J connectivity index is 1.71. The predicted octanol–water partition coefficient (Wildman–Crippen LogP) is 4.23. The minimum absolute atomic E-state index is 0.111. The highest BCUT2D eigenvalue weighted by Gasteiger charge is 2.14. The van der Waals surface area contributed by atoms with Crippen LogP contribution in [-0.2, 0) is 0 Å². The van der Waals surface area contributed by atoms with Crippen molar-refractivity contribution in [3.63, 3.8) is 0 Å². The van der Waals surface area contributed by atoms with Crippen LogP contribution >= 0.6 is 0 Å². The number of H-pyrrole nitrogens is 1. The molecule has 0 unspecified atom stereocenters. The molecule has 25 heavy (non-hydrogen) atoms. The summed E-state index contributed by atoms with van der Waals surface area (Å²) in [6, 6.07) is 11.4. The van der Waals surface area contributed by atoms with Gasteiger partial charge in [-0.1, -0.05) is 19.4 Å². The lowest BCUT2D eigenvalue weighted by Crippen LogP contribution is -2.26. The third-order valence-corrected chi connectivity index (χ3v) is 4.14. The molecule has 1 amide bonds. The van der Waals surface area contributed by atoms with Crippen molar-refractivity contribution in [2.45, 2.75) is 32.7 Å². The molecule has 0 spiro atoms. The van der Waals surface area contributed by atoms with Crippen molar-refractivity contribution in [3.05, 3.63) is 60.0 Å². The van der Waals surface area contributed by atoms with Crippen molar-refractivity contribution in [1.29, 1.82) is 0 Å². The Morgan fingerprint density at radius 2 is 2.20 bits per heavy atom. The van der Waals surface area contributed by atoms with E-state index < -0.39 is 0 Å². The third kappa shape index (κ3) is 4.18. The van der Waals surface area contributed by atoms with Crippen LogP contribution in [-0.4, -0.2) is 22.5 Å². The maximum Gasteiger partial charge on any atom is 0.268 e. The van der Waals surface area contributed by atoms with Crippen LogP contribution < -0.4 is 10.1 Å². The smallest absolute Gasteiger partial charge is 0.268 e. The topological polar surface area (TPSA) is 67.0 Å². The number of aromatic amines is 1. The summed E-state index contributed by atoms with van der Waals surface area (Å²) < 4.78 is 5.72. The van der Waals surface area contributed by atoms with Crippen molar-refractivity contribution >= 4 is 16.8 Å². The molecular weight excluding hydrogens is 314 g/mol. The molecule has 0 radical (unpaired) electrons. The van der Waals surface area contributed by atoms with Gasteiger partial charge in [0.15, 0.2) is 0 Å². The molecule has 0 aliphatic heterocycles. The highest BCUT2D eigenvalue weighted by Crippen LogP contribution is 2.22. The fourth-order valence-electron chi connectivity index (χ4n) is 2.64. The summed E-state index contributed by atoms with van der Waals surface area (Å²) in [6.45, 7) is 4.78. The number of pyridine rings is 1. The van der Waals surface area contributed by atoms with Crippen molar-refractivity contribution in [3.8, 4) is 5.75 Å². The molecule has 0 aliphatic rings. The zero-order valence-corrected chi connectivity index (χ0v) is 14.6. The van der Waals surface area contributed by atoms with Gasteiger partial charge < -0.3 is 15.0 Å². The molecule has 2 aromatic heterocycles. The Morgan fingerprint density at radius 1 is 1.32 bits per heavy atom. The molecule has 0 aliphatic carbocycles. The standard InChI is InChI=1S/C20H23N3O2/c1-3-4-10-25-17-8-7-15-11-19(23-18(15)12-17)20(24)22-14(2)16-6-5-9-21-13-16/h5-9,11-14,23H,3-4,10H2,1-2H3,(H,22,24)/t14-/m1/s1. The van der Waals surface area contributed by atoms with E-state index in [1.165, 1.54) is 0 Å². The maximum atomic E-state index is 12.5. The van der Waals surface area contributed by atoms with Gasteiger partial charge in [-0.25, -0.2) is 0 Å². The van der Waals surface area contributed by atoms with E-state index >= 15 is 0 Å². The number of hydrogen-bond donors (Lipinski definition) is 2. The lowest BCUT2D eigenvalue weighted by atomic mass is 10.1. The van der Waals surface area contributed by atoms with Crippen LogP contribution in [0, 0.1) is 0 Å². The number of aromatic nitrogens is 2. The average molecular weight is 337 g/mol. The maximum absolute atomic E-state index is 12.5. The Kier molecular flexibility index (Phi) is 5.33. The van der Waals surface area contributed by atoms with Crippen molar-refractivity contribution < 1.29 is 9.53 Å². The van der Waals surface area contributed by atoms with Gasteiger partial charge in [-0.15, -0.1) is 0 Å². The Bertz CT molecular complexity index is 843. The van der Waals surface area contributed by atoms with Crippen LogP contribution in [0.4, 0.5) is 0 Å². The van der Waals surface area contributed by atoms with E-state index in [9.17, 15) is 4.79 Å². The van der Waals surface area contributed by atoms with E-state index in [0.29, 0.717) is 12.3 Å². The van der Waals surface area contributed by atoms with E-state index in [4.69, 9.17) is 4.74 Å². The molecule has 0 bridgehead atoms. The lowest BCUT2D eigenvalue weighted by molar-refractivity contribution is 0.0935. The second-order valence-corrected chi connectivity index (χ2v) is 6.12. The highest BCUT2D eigenvalue weighted by molar-refractivity contribution is 5.98. The number of unbranched alkanes of at least 4 members (excludes halogenated alkanes) is 1. The summed E-state index contributed by atoms with van der Waals surface area (Å²) in [5, 5.41) is 3.98. The number of benzene rings is 1. The van der Waals surface area contributed by atoms with Gasteiger partial charge in [0.2, 0.25) is 0 Å². The normalized spacial score (nSPS) is 12.1. The van der Waals surface area contributed by atoms with Crippen LogP contribution in [0.2, 0.25) is 0 Å². The van der Waals surface area contributed by atoms with Gasteiger partial charge >= 0.3 is 0 Å². The number of amides is 1. The van der Waals surface area contributed by atoms with Gasteiger partial charge in [-0.05, 0) is 43.2 Å². The van der Waals surface area contributed by atoms with Crippen molar-refractivity contribution in [1.82, 2.24) is 15.3 Å². The number of fused-ring (bicyclic) bond motifs is 1. The second-order valence-electron chi connectivity index (χ2n) is 6.12. The first-order chi connectivity index (χ1) is 12.2. The Morgan fingerprint density at radius 3 is 2.96 bits per heavy atom. The number of nitrogens with zero attached hydrogens (tertiary/aromatic N) is 1. The molecule has 0 fully saturated rings. The molecule has 3 aromatic rings. The molecule has 2 N–H and O–H groups in total. The zero-order chi connectivity index (χ0) is 17.6. The first-order valence-electron chi connectivity index (χ1n) is 8.63. The van der Waals surface area contributed by atoms with E-state index in [1.807, 2.05) is 43.3 Å². The molecule has 2 heterocycles. The number of carbonyl (C=O) groups is 1. The van der Waals surface area contributed by atoms with Crippen LogP contribution in [0.15, 0.2) is 48.8 Å². The van der Waals surface area contributed by atoms with Gasteiger partial charge in [-0.3, -0.25) is 9.78 Å². The van der Waals surface area contributed by atoms with E-state index in [1.54, 1.807) is 12.4 Å². The summed E-state index contributed by atoms with van der Waals surface area (Å²) in [5.74, 6) is 0.680. The Labute approximate surface area is 147 Å². The molecular formula is C20H23N3O2. The van der Waals surface area contributed by atoms with Gasteiger partial charge in [0, 0.05) is 29.4 Å². The fourth-order valence-corrected chi connectivity index (χ4v) is 2.64. The molecule has 5 heteroatoms. The molecule has 5 nitrogen and oxygen atoms in total. The number of carbonyl (C=O) groups excluding carboxylic acids is 1. The number of rotatable bonds is 7. The van der Waals surface area contributed by atoms with Crippen LogP contribution in [0.5, 0.6) is 5.75 Å². The molecule has 130 valence electrons. The fraction of sp³-hybridized carbons (Fsp3) is 0.300. The molecule has 3 rings (SSSR count). The molecule has 1 aromatic carbocycles. The van der Waals surface area contributed by atoms with Crippen LogP contribution in [0.1, 0.15) is 48.8 Å². The largest absolute Gasteiger partial charge is 0.494 e. The quantitative estimate of drug-likeness (QED) is 0.634. The molecule has 0 saturated carbocycles. The van der Waals surface area contributed by atoms with Crippen molar-refractivity contribution in [2.75, 3.05) is 6.61 Å². The number of hydrogen-bond acceptors (Lipinski definition) is 3. The average Bonchev–Trinajstić information content (AvgIpc) is 3.06. The predicted molar refractivity (Wildman–Crippen MR) is 98.8 cm³/mol. The summed E-state index contributed by atoms with van der Waals surface area (Å²) >= 11 is 0. The molecule has 0 saturated heterocycles. The van der Waals surface area contributed by atoms with Gasteiger partial charge in [-0.2, -0.15) is 0 Å². The van der Waals surface area contributed by atoms with Gasteiger partial charge in [0.05, 0.1) is 12.6 Å². The monoisotopic (exact) mass is 337 g/mol. The number of ether oxygens (including phenoxy) is 1. The van der Waals surface area contributed by atoms with E-state index in [0.717, 1.165) is 35.1 Å². The number of nitrogens with one attached hydrogen (secondary N) is 2. The van der Waals surface area contributed by atoms with Gasteiger partial charge in [0.1, 0.15) is 11.4 Å². The lowest BCUT2D eigenvalue weighted by Gasteiger charge is -2.12. The van der Waals surface area contributed by atoms with E-state index in [2.05, 4.69) is 22.2 Å². The highest BCUT2D eigenvalue weighted by atomic mass is 16.5. The molecule has 1 atom stereocenters. The minimum Gasteiger partial charge on any atom is -0.494 e. The first kappa shape index (κ1) is 17.0. The summed E-state index contributed by atoms with van der Waals surface area (Å²) in [4.78, 5) is 19.8. The minimum atomic E-state index is -0.138. The summed E-state index contributed by atoms with van der Waals surface area (Å²) in [6.07, 6.45) is 5.61. The van der Waals surface area contributed by atoms with Crippen molar-refractivity contribution in [2.24, 2.45) is 0 Å². The second kappa shape index (κ2) is 7.83. The third-order valence-electron chi connectivity index (χ3n) is 4.14. The summed E-state index contributed by atoms with van der Waals surface area (Å²) in [7, 11) is 0. The SMILES string of the molecule is CCCCOc1ccc2cc(C(=O)N[C@H](C)c3cccnc3)[nH]c2c1.